The number of halogens is 1. The minimum absolute atomic E-state index is 0.169. The number of aromatic amines is 1. The Morgan fingerprint density at radius 2 is 2.00 bits per heavy atom. The summed E-state index contributed by atoms with van der Waals surface area (Å²) in [4.78, 5) is 15.5. The summed E-state index contributed by atoms with van der Waals surface area (Å²) >= 11 is 3.42. The molecule has 5 heteroatoms. The van der Waals surface area contributed by atoms with Gasteiger partial charge in [-0.2, -0.15) is 5.26 Å². The number of carbonyl (C=O) groups is 1. The van der Waals surface area contributed by atoms with E-state index in [1.54, 1.807) is 18.3 Å². The molecule has 0 radical (unpaired) electrons. The first-order valence-corrected chi connectivity index (χ1v) is 7.50. The monoisotopic (exact) mass is 353 g/mol. The SMILES string of the molecule is N#CCc1ccc(NC(=O)c2c[nH]c3ccc(Br)cc23)cc1. The Morgan fingerprint density at radius 3 is 2.73 bits per heavy atom. The van der Waals surface area contributed by atoms with Crippen molar-refractivity contribution in [2.24, 2.45) is 0 Å². The van der Waals surface area contributed by atoms with E-state index in [9.17, 15) is 4.79 Å². The van der Waals surface area contributed by atoms with Gasteiger partial charge in [0.15, 0.2) is 0 Å². The van der Waals surface area contributed by atoms with Gasteiger partial charge in [0, 0.05) is 27.3 Å². The van der Waals surface area contributed by atoms with Gasteiger partial charge in [-0.25, -0.2) is 0 Å². The van der Waals surface area contributed by atoms with Crippen molar-refractivity contribution in [1.82, 2.24) is 4.98 Å². The molecule has 4 nitrogen and oxygen atoms in total. The zero-order valence-corrected chi connectivity index (χ0v) is 13.1. The van der Waals surface area contributed by atoms with E-state index in [2.05, 4.69) is 32.3 Å². The topological polar surface area (TPSA) is 68.7 Å². The van der Waals surface area contributed by atoms with Crippen LogP contribution in [0.2, 0.25) is 0 Å². The normalized spacial score (nSPS) is 10.4. The quantitative estimate of drug-likeness (QED) is 0.738. The van der Waals surface area contributed by atoms with Crippen molar-refractivity contribution in [2.75, 3.05) is 5.32 Å². The van der Waals surface area contributed by atoms with E-state index in [0.29, 0.717) is 17.7 Å². The van der Waals surface area contributed by atoms with Gasteiger partial charge in [0.1, 0.15) is 0 Å². The van der Waals surface area contributed by atoms with Crippen LogP contribution in [-0.4, -0.2) is 10.9 Å². The molecule has 2 N–H and O–H groups in total. The number of aromatic nitrogens is 1. The van der Waals surface area contributed by atoms with E-state index in [0.717, 1.165) is 20.9 Å². The molecule has 0 saturated carbocycles. The van der Waals surface area contributed by atoms with Crippen LogP contribution < -0.4 is 5.32 Å². The van der Waals surface area contributed by atoms with Gasteiger partial charge in [-0.15, -0.1) is 0 Å². The molecule has 0 aliphatic rings. The number of nitrogens with one attached hydrogen (secondary N) is 2. The van der Waals surface area contributed by atoms with E-state index in [-0.39, 0.29) is 5.91 Å². The third-order valence-corrected chi connectivity index (χ3v) is 3.88. The first-order valence-electron chi connectivity index (χ1n) is 6.71. The van der Waals surface area contributed by atoms with Gasteiger partial charge in [-0.3, -0.25) is 4.79 Å². The maximum Gasteiger partial charge on any atom is 0.257 e. The highest BCUT2D eigenvalue weighted by molar-refractivity contribution is 9.10. The standard InChI is InChI=1S/C17H12BrN3O/c18-12-3-6-16-14(9-12)15(10-20-16)17(22)21-13-4-1-11(2-5-13)7-8-19/h1-6,9-10,20H,7H2,(H,21,22). The molecule has 1 heterocycles. The number of fused-ring (bicyclic) bond motifs is 1. The average molecular weight is 354 g/mol. The molecule has 0 fully saturated rings. The summed E-state index contributed by atoms with van der Waals surface area (Å²) in [6.45, 7) is 0. The molecule has 0 unspecified atom stereocenters. The molecule has 0 atom stereocenters. The first kappa shape index (κ1) is 14.4. The minimum Gasteiger partial charge on any atom is -0.360 e. The van der Waals surface area contributed by atoms with E-state index < -0.39 is 0 Å². The van der Waals surface area contributed by atoms with Crippen molar-refractivity contribution in [3.8, 4) is 6.07 Å². The number of nitriles is 1. The summed E-state index contributed by atoms with van der Waals surface area (Å²) < 4.78 is 0.925. The van der Waals surface area contributed by atoms with Crippen molar-refractivity contribution in [3.63, 3.8) is 0 Å². The van der Waals surface area contributed by atoms with Gasteiger partial charge < -0.3 is 10.3 Å². The van der Waals surface area contributed by atoms with Crippen LogP contribution in [0, 0.1) is 11.3 Å². The molecule has 0 aliphatic heterocycles. The van der Waals surface area contributed by atoms with Crippen molar-refractivity contribution >= 4 is 38.4 Å². The lowest BCUT2D eigenvalue weighted by molar-refractivity contribution is 0.102. The van der Waals surface area contributed by atoms with Crippen LogP contribution in [0.25, 0.3) is 10.9 Å². The number of H-pyrrole nitrogens is 1. The van der Waals surface area contributed by atoms with E-state index in [4.69, 9.17) is 5.26 Å². The molecular formula is C17H12BrN3O. The number of anilines is 1. The van der Waals surface area contributed by atoms with Gasteiger partial charge in [0.05, 0.1) is 18.1 Å². The molecule has 1 aromatic heterocycles. The lowest BCUT2D eigenvalue weighted by Crippen LogP contribution is -2.11. The van der Waals surface area contributed by atoms with Gasteiger partial charge in [-0.1, -0.05) is 28.1 Å². The molecule has 108 valence electrons. The van der Waals surface area contributed by atoms with Gasteiger partial charge in [-0.05, 0) is 35.9 Å². The summed E-state index contributed by atoms with van der Waals surface area (Å²) in [5.41, 5.74) is 3.14. The van der Waals surface area contributed by atoms with Crippen LogP contribution in [0.1, 0.15) is 15.9 Å². The van der Waals surface area contributed by atoms with E-state index >= 15 is 0 Å². The van der Waals surface area contributed by atoms with Gasteiger partial charge in [0.2, 0.25) is 0 Å². The summed E-state index contributed by atoms with van der Waals surface area (Å²) in [6, 6.07) is 15.1. The number of carbonyl (C=O) groups excluding carboxylic acids is 1. The van der Waals surface area contributed by atoms with Crippen LogP contribution in [0.5, 0.6) is 0 Å². The molecule has 2 aromatic carbocycles. The summed E-state index contributed by atoms with van der Waals surface area (Å²) in [7, 11) is 0. The van der Waals surface area contributed by atoms with E-state index in [1.165, 1.54) is 0 Å². The molecule has 0 aliphatic carbocycles. The second-order valence-electron chi connectivity index (χ2n) is 4.88. The zero-order valence-electron chi connectivity index (χ0n) is 11.6. The van der Waals surface area contributed by atoms with Crippen molar-refractivity contribution < 1.29 is 4.79 Å². The van der Waals surface area contributed by atoms with Crippen molar-refractivity contribution in [3.05, 3.63) is 64.3 Å². The fraction of sp³-hybridized carbons (Fsp3) is 0.0588. The Bertz CT molecular complexity index is 875. The molecule has 0 spiro atoms. The second-order valence-corrected chi connectivity index (χ2v) is 5.79. The smallest absolute Gasteiger partial charge is 0.257 e. The fourth-order valence-electron chi connectivity index (χ4n) is 2.28. The van der Waals surface area contributed by atoms with Crippen LogP contribution in [0.4, 0.5) is 5.69 Å². The minimum atomic E-state index is -0.169. The number of benzene rings is 2. The Balaban J connectivity index is 1.84. The number of nitrogens with zero attached hydrogens (tertiary/aromatic N) is 1. The summed E-state index contributed by atoms with van der Waals surface area (Å²) in [5.74, 6) is -0.169. The van der Waals surface area contributed by atoms with Gasteiger partial charge in [0.25, 0.3) is 5.91 Å². The van der Waals surface area contributed by atoms with Crippen LogP contribution in [0.15, 0.2) is 53.1 Å². The predicted octanol–water partition coefficient (Wildman–Crippen LogP) is 4.25. The molecule has 0 bridgehead atoms. The molecular weight excluding hydrogens is 342 g/mol. The lowest BCUT2D eigenvalue weighted by atomic mass is 10.1. The Hall–Kier alpha value is -2.58. The Kier molecular flexibility index (Phi) is 3.94. The number of amides is 1. The molecule has 1 amide bonds. The molecule has 22 heavy (non-hydrogen) atoms. The predicted molar refractivity (Wildman–Crippen MR) is 89.7 cm³/mol. The third kappa shape index (κ3) is 2.87. The molecule has 0 saturated heterocycles. The number of hydrogen-bond donors (Lipinski definition) is 2. The zero-order chi connectivity index (χ0) is 15.5. The highest BCUT2D eigenvalue weighted by atomic mass is 79.9. The second kappa shape index (κ2) is 6.04. The average Bonchev–Trinajstić information content (AvgIpc) is 2.92. The summed E-state index contributed by atoms with van der Waals surface area (Å²) in [5, 5.41) is 12.4. The van der Waals surface area contributed by atoms with Crippen molar-refractivity contribution in [1.29, 1.82) is 5.26 Å². The maximum atomic E-state index is 12.4. The van der Waals surface area contributed by atoms with Crippen LogP contribution in [0.3, 0.4) is 0 Å². The number of hydrogen-bond acceptors (Lipinski definition) is 2. The fourth-order valence-corrected chi connectivity index (χ4v) is 2.64. The molecule has 3 aromatic rings. The largest absolute Gasteiger partial charge is 0.360 e. The van der Waals surface area contributed by atoms with Gasteiger partial charge >= 0.3 is 0 Å². The Labute approximate surface area is 135 Å². The summed E-state index contributed by atoms with van der Waals surface area (Å²) in [6.07, 6.45) is 2.07. The third-order valence-electron chi connectivity index (χ3n) is 3.38. The van der Waals surface area contributed by atoms with Crippen LogP contribution in [-0.2, 0) is 6.42 Å². The number of rotatable bonds is 3. The maximum absolute atomic E-state index is 12.4. The van der Waals surface area contributed by atoms with Crippen LogP contribution >= 0.6 is 15.9 Å². The van der Waals surface area contributed by atoms with E-state index in [1.807, 2.05) is 30.3 Å². The highest BCUT2D eigenvalue weighted by Gasteiger charge is 2.12. The highest BCUT2D eigenvalue weighted by Crippen LogP contribution is 2.23. The lowest BCUT2D eigenvalue weighted by Gasteiger charge is -2.05. The molecule has 3 rings (SSSR count). The Morgan fingerprint density at radius 1 is 1.23 bits per heavy atom. The van der Waals surface area contributed by atoms with Crippen molar-refractivity contribution in [2.45, 2.75) is 6.42 Å². The first-order chi connectivity index (χ1) is 10.7.